The molecule has 0 bridgehead atoms. The molecule has 0 saturated heterocycles. The Labute approximate surface area is 220 Å². The summed E-state index contributed by atoms with van der Waals surface area (Å²) in [5.41, 5.74) is 3.44. The van der Waals surface area contributed by atoms with E-state index in [0.717, 1.165) is 11.8 Å². The molecule has 1 aliphatic rings. The van der Waals surface area contributed by atoms with Crippen LogP contribution in [0.15, 0.2) is 77.7 Å². The fourth-order valence-electron chi connectivity index (χ4n) is 4.65. The Kier molecular flexibility index (Phi) is 6.85. The van der Waals surface area contributed by atoms with E-state index in [9.17, 15) is 22.0 Å². The number of hydrogen-bond acceptors (Lipinski definition) is 4. The summed E-state index contributed by atoms with van der Waals surface area (Å²) in [5, 5.41) is 4.64. The zero-order valence-corrected chi connectivity index (χ0v) is 21.8. The van der Waals surface area contributed by atoms with Gasteiger partial charge in [-0.2, -0.15) is 9.40 Å². The van der Waals surface area contributed by atoms with Crippen molar-refractivity contribution in [1.29, 1.82) is 0 Å². The number of anilines is 1. The third-order valence-corrected chi connectivity index (χ3v) is 8.62. The summed E-state index contributed by atoms with van der Waals surface area (Å²) < 4.78 is 57.5. The van der Waals surface area contributed by atoms with Crippen molar-refractivity contribution in [3.8, 4) is 0 Å². The molecule has 1 amide bonds. The molecule has 1 aromatic heterocycles. The molecule has 2 heterocycles. The largest absolute Gasteiger partial charge is 0.302 e. The van der Waals surface area contributed by atoms with Crippen LogP contribution < -0.4 is 4.90 Å². The van der Waals surface area contributed by atoms with E-state index in [0.29, 0.717) is 34.5 Å². The fraction of sp³-hybridized carbons (Fsp3) is 0.214. The summed E-state index contributed by atoms with van der Waals surface area (Å²) in [7, 11) is -2.17. The number of carbonyl (C=O) groups is 1. The molecule has 0 aliphatic carbocycles. The van der Waals surface area contributed by atoms with E-state index in [1.807, 2.05) is 18.2 Å². The van der Waals surface area contributed by atoms with Crippen molar-refractivity contribution in [3.63, 3.8) is 0 Å². The SMILES string of the molecule is Cc1ccc(S(=O)(=O)N2CCc3c(c(CN(C(=O)c4ccc(F)cc4)c4ccccc4)nn3C)C2)cc1F. The van der Waals surface area contributed by atoms with Gasteiger partial charge in [0.2, 0.25) is 10.0 Å². The van der Waals surface area contributed by atoms with E-state index in [1.54, 1.807) is 35.7 Å². The number of carbonyl (C=O) groups excluding carboxylic acids is 1. The normalized spacial score (nSPS) is 13.8. The fourth-order valence-corrected chi connectivity index (χ4v) is 6.07. The van der Waals surface area contributed by atoms with E-state index in [2.05, 4.69) is 5.10 Å². The lowest BCUT2D eigenvalue weighted by atomic mass is 10.1. The number of sulfonamides is 1. The lowest BCUT2D eigenvalue weighted by Crippen LogP contribution is -2.37. The molecule has 0 radical (unpaired) electrons. The molecule has 1 aliphatic heterocycles. The van der Waals surface area contributed by atoms with Crippen LogP contribution in [0.1, 0.15) is 32.9 Å². The minimum atomic E-state index is -3.96. The Morgan fingerprint density at radius 2 is 1.74 bits per heavy atom. The van der Waals surface area contributed by atoms with Gasteiger partial charge in [0.1, 0.15) is 11.6 Å². The molecule has 3 aromatic carbocycles. The van der Waals surface area contributed by atoms with Gasteiger partial charge in [-0.15, -0.1) is 0 Å². The van der Waals surface area contributed by atoms with Gasteiger partial charge in [-0.1, -0.05) is 24.3 Å². The summed E-state index contributed by atoms with van der Waals surface area (Å²) in [4.78, 5) is 15.0. The van der Waals surface area contributed by atoms with Gasteiger partial charge in [0.15, 0.2) is 0 Å². The van der Waals surface area contributed by atoms with Crippen LogP contribution in [0.2, 0.25) is 0 Å². The van der Waals surface area contributed by atoms with Gasteiger partial charge in [-0.05, 0) is 61.0 Å². The van der Waals surface area contributed by atoms with Crippen molar-refractivity contribution in [3.05, 3.63) is 113 Å². The van der Waals surface area contributed by atoms with Gasteiger partial charge in [-0.3, -0.25) is 9.48 Å². The number of fused-ring (bicyclic) bond motifs is 1. The minimum Gasteiger partial charge on any atom is -0.302 e. The van der Waals surface area contributed by atoms with Crippen molar-refractivity contribution in [1.82, 2.24) is 14.1 Å². The molecule has 0 saturated carbocycles. The molecule has 0 atom stereocenters. The summed E-state index contributed by atoms with van der Waals surface area (Å²) in [6.07, 6.45) is 0.420. The number of rotatable bonds is 6. The number of halogens is 2. The van der Waals surface area contributed by atoms with Crippen LogP contribution >= 0.6 is 0 Å². The van der Waals surface area contributed by atoms with Gasteiger partial charge in [0, 0.05) is 49.1 Å². The quantitative estimate of drug-likeness (QED) is 0.361. The van der Waals surface area contributed by atoms with Crippen LogP contribution in [-0.4, -0.2) is 35.0 Å². The lowest BCUT2D eigenvalue weighted by Gasteiger charge is -2.28. The van der Waals surface area contributed by atoms with E-state index in [4.69, 9.17) is 0 Å². The molecule has 0 unspecified atom stereocenters. The highest BCUT2D eigenvalue weighted by atomic mass is 32.2. The second-order valence-electron chi connectivity index (χ2n) is 9.23. The Balaban J connectivity index is 1.49. The molecule has 196 valence electrons. The van der Waals surface area contributed by atoms with Gasteiger partial charge in [0.25, 0.3) is 5.91 Å². The first-order valence-corrected chi connectivity index (χ1v) is 13.5. The van der Waals surface area contributed by atoms with Crippen LogP contribution in [0, 0.1) is 18.6 Å². The number of para-hydroxylation sites is 1. The van der Waals surface area contributed by atoms with E-state index >= 15 is 0 Å². The van der Waals surface area contributed by atoms with Gasteiger partial charge >= 0.3 is 0 Å². The Bertz CT molecular complexity index is 1600. The average Bonchev–Trinajstić information content (AvgIpc) is 3.23. The molecule has 5 rings (SSSR count). The van der Waals surface area contributed by atoms with Crippen LogP contribution in [0.25, 0.3) is 0 Å². The molecule has 0 N–H and O–H groups in total. The number of aryl methyl sites for hydroxylation is 2. The first-order chi connectivity index (χ1) is 18.1. The number of aromatic nitrogens is 2. The average molecular weight is 537 g/mol. The van der Waals surface area contributed by atoms with Crippen molar-refractivity contribution in [2.45, 2.75) is 31.3 Å². The Hall–Kier alpha value is -3.89. The summed E-state index contributed by atoms with van der Waals surface area (Å²) in [6.45, 7) is 1.92. The lowest BCUT2D eigenvalue weighted by molar-refractivity contribution is 0.0984. The predicted molar refractivity (Wildman–Crippen MR) is 139 cm³/mol. The van der Waals surface area contributed by atoms with E-state index in [1.165, 1.54) is 40.7 Å². The first-order valence-electron chi connectivity index (χ1n) is 12.1. The monoisotopic (exact) mass is 536 g/mol. The Morgan fingerprint density at radius 1 is 1.03 bits per heavy atom. The second-order valence-corrected chi connectivity index (χ2v) is 11.2. The number of benzene rings is 3. The van der Waals surface area contributed by atoms with Gasteiger partial charge in [0.05, 0.1) is 17.1 Å². The number of hydrogen-bond donors (Lipinski definition) is 0. The van der Waals surface area contributed by atoms with Gasteiger partial charge < -0.3 is 4.90 Å². The summed E-state index contributed by atoms with van der Waals surface area (Å²) >= 11 is 0. The van der Waals surface area contributed by atoms with E-state index in [-0.39, 0.29) is 30.4 Å². The highest BCUT2D eigenvalue weighted by Gasteiger charge is 2.33. The van der Waals surface area contributed by atoms with Crippen LogP contribution in [0.4, 0.5) is 14.5 Å². The van der Waals surface area contributed by atoms with Gasteiger partial charge in [-0.25, -0.2) is 17.2 Å². The Morgan fingerprint density at radius 3 is 2.42 bits per heavy atom. The standard InChI is InChI=1S/C28H26F2N4O3S/c1-19-8-13-23(16-25(19)30)38(36,37)33-15-14-27-24(17-33)26(31-32(27)2)18-34(22-6-4-3-5-7-22)28(35)20-9-11-21(29)12-10-20/h3-13,16H,14-15,17-18H2,1-2H3. The third kappa shape index (κ3) is 4.84. The van der Waals surface area contributed by atoms with Crippen molar-refractivity contribution < 1.29 is 22.0 Å². The molecule has 38 heavy (non-hydrogen) atoms. The zero-order valence-electron chi connectivity index (χ0n) is 20.9. The minimum absolute atomic E-state index is 0.0453. The molecular weight excluding hydrogens is 510 g/mol. The number of nitrogens with zero attached hydrogens (tertiary/aromatic N) is 4. The van der Waals surface area contributed by atoms with E-state index < -0.39 is 21.7 Å². The van der Waals surface area contributed by atoms with Crippen molar-refractivity contribution >= 4 is 21.6 Å². The van der Waals surface area contributed by atoms with Crippen LogP contribution in [-0.2, 0) is 36.6 Å². The topological polar surface area (TPSA) is 75.5 Å². The molecule has 0 spiro atoms. The van der Waals surface area contributed by atoms with Crippen molar-refractivity contribution in [2.75, 3.05) is 11.4 Å². The van der Waals surface area contributed by atoms with Crippen LogP contribution in [0.3, 0.4) is 0 Å². The van der Waals surface area contributed by atoms with Crippen LogP contribution in [0.5, 0.6) is 0 Å². The van der Waals surface area contributed by atoms with Crippen molar-refractivity contribution in [2.24, 2.45) is 7.05 Å². The highest BCUT2D eigenvalue weighted by Crippen LogP contribution is 2.30. The maximum Gasteiger partial charge on any atom is 0.258 e. The zero-order chi connectivity index (χ0) is 27.0. The third-order valence-electron chi connectivity index (χ3n) is 6.78. The summed E-state index contributed by atoms with van der Waals surface area (Å²) in [5.74, 6) is -1.36. The molecule has 10 heteroatoms. The molecule has 7 nitrogen and oxygen atoms in total. The second kappa shape index (κ2) is 10.1. The highest BCUT2D eigenvalue weighted by molar-refractivity contribution is 7.89. The summed E-state index contributed by atoms with van der Waals surface area (Å²) in [6, 6.07) is 18.3. The predicted octanol–water partition coefficient (Wildman–Crippen LogP) is 4.60. The maximum absolute atomic E-state index is 14.2. The smallest absolute Gasteiger partial charge is 0.258 e. The number of amides is 1. The maximum atomic E-state index is 14.2. The molecule has 0 fully saturated rings. The molecular formula is C28H26F2N4O3S. The first kappa shape index (κ1) is 25.7. The molecule has 4 aromatic rings.